The molecule has 5 heteroatoms. The van der Waals surface area contributed by atoms with Crippen molar-refractivity contribution in [3.05, 3.63) is 33.4 Å². The highest BCUT2D eigenvalue weighted by molar-refractivity contribution is 6.01. The summed E-state index contributed by atoms with van der Waals surface area (Å²) in [6, 6.07) is 0. The summed E-state index contributed by atoms with van der Waals surface area (Å²) < 4.78 is 5.58. The van der Waals surface area contributed by atoms with Crippen LogP contribution in [0.25, 0.3) is 0 Å². The fourth-order valence-electron chi connectivity index (χ4n) is 4.36. The number of rotatable bonds is 3. The van der Waals surface area contributed by atoms with Gasteiger partial charge in [0.2, 0.25) is 0 Å². The van der Waals surface area contributed by atoms with Gasteiger partial charge in [0.1, 0.15) is 6.10 Å². The van der Waals surface area contributed by atoms with E-state index in [0.29, 0.717) is 26.2 Å². The highest BCUT2D eigenvalue weighted by Crippen LogP contribution is 2.31. The van der Waals surface area contributed by atoms with Gasteiger partial charge in [0, 0.05) is 37.7 Å². The SMILES string of the molecule is Cc1c(C)c(C)c(C(=O)C2CCN(C(=O)[C@H]3CNCCO3)CC2)c(C)c1C. The molecule has 2 saturated heterocycles. The first-order chi connectivity index (χ1) is 12.8. The summed E-state index contributed by atoms with van der Waals surface area (Å²) in [5, 5.41) is 3.20. The molecule has 1 aromatic carbocycles. The van der Waals surface area contributed by atoms with Gasteiger partial charge in [0.25, 0.3) is 5.91 Å². The number of carbonyl (C=O) groups excluding carboxylic acids is 2. The number of carbonyl (C=O) groups is 2. The van der Waals surface area contributed by atoms with E-state index in [1.807, 2.05) is 4.90 Å². The van der Waals surface area contributed by atoms with Crippen LogP contribution in [0.3, 0.4) is 0 Å². The predicted molar refractivity (Wildman–Crippen MR) is 106 cm³/mol. The minimum atomic E-state index is -0.377. The first kappa shape index (κ1) is 20.0. The molecule has 2 fully saturated rings. The zero-order valence-corrected chi connectivity index (χ0v) is 17.3. The minimum Gasteiger partial charge on any atom is -0.366 e. The van der Waals surface area contributed by atoms with Crippen LogP contribution in [0, 0.1) is 40.5 Å². The maximum Gasteiger partial charge on any atom is 0.253 e. The molecule has 0 aliphatic carbocycles. The molecule has 1 N–H and O–H groups in total. The zero-order valence-electron chi connectivity index (χ0n) is 17.3. The second kappa shape index (κ2) is 8.11. The van der Waals surface area contributed by atoms with Crippen molar-refractivity contribution in [2.75, 3.05) is 32.8 Å². The van der Waals surface area contributed by atoms with Crippen LogP contribution in [0.15, 0.2) is 0 Å². The summed E-state index contributed by atoms with van der Waals surface area (Å²) in [6.45, 7) is 13.7. The molecule has 0 aromatic heterocycles. The maximum atomic E-state index is 13.3. The molecule has 0 unspecified atom stereocenters. The summed E-state index contributed by atoms with van der Waals surface area (Å²) >= 11 is 0. The summed E-state index contributed by atoms with van der Waals surface area (Å²) in [7, 11) is 0. The van der Waals surface area contributed by atoms with E-state index in [2.05, 4.69) is 39.9 Å². The molecule has 1 aromatic rings. The Morgan fingerprint density at radius 1 is 0.926 bits per heavy atom. The Morgan fingerprint density at radius 3 is 2.00 bits per heavy atom. The van der Waals surface area contributed by atoms with Crippen molar-refractivity contribution in [2.45, 2.75) is 53.6 Å². The van der Waals surface area contributed by atoms with Gasteiger partial charge in [-0.1, -0.05) is 0 Å². The van der Waals surface area contributed by atoms with E-state index in [-0.39, 0.29) is 23.7 Å². The van der Waals surface area contributed by atoms with Crippen molar-refractivity contribution in [2.24, 2.45) is 5.92 Å². The molecule has 2 aliphatic rings. The Balaban J connectivity index is 1.70. The number of nitrogens with zero attached hydrogens (tertiary/aromatic N) is 1. The van der Waals surface area contributed by atoms with Gasteiger partial charge in [-0.05, 0) is 75.3 Å². The van der Waals surface area contributed by atoms with E-state index >= 15 is 0 Å². The van der Waals surface area contributed by atoms with Gasteiger partial charge in [-0.3, -0.25) is 9.59 Å². The second-order valence-corrected chi connectivity index (χ2v) is 8.03. The van der Waals surface area contributed by atoms with Gasteiger partial charge in [-0.15, -0.1) is 0 Å². The lowest BCUT2D eigenvalue weighted by Gasteiger charge is -2.35. The summed E-state index contributed by atoms with van der Waals surface area (Å²) in [5.41, 5.74) is 6.84. The monoisotopic (exact) mass is 372 g/mol. The van der Waals surface area contributed by atoms with Crippen LogP contribution in [0.5, 0.6) is 0 Å². The molecule has 1 atom stereocenters. The zero-order chi connectivity index (χ0) is 19.7. The number of nitrogens with one attached hydrogen (secondary N) is 1. The number of ketones is 1. The van der Waals surface area contributed by atoms with Crippen LogP contribution in [0.2, 0.25) is 0 Å². The van der Waals surface area contributed by atoms with Crippen molar-refractivity contribution in [1.29, 1.82) is 0 Å². The van der Waals surface area contributed by atoms with Crippen LogP contribution in [0.1, 0.15) is 51.0 Å². The van der Waals surface area contributed by atoms with Crippen molar-refractivity contribution >= 4 is 11.7 Å². The number of Topliss-reactive ketones (excluding diaryl/α,β-unsaturated/α-hetero) is 1. The molecule has 0 radical (unpaired) electrons. The van der Waals surface area contributed by atoms with E-state index in [9.17, 15) is 9.59 Å². The lowest BCUT2D eigenvalue weighted by Crippen LogP contribution is -2.51. The Kier molecular flexibility index (Phi) is 6.02. The van der Waals surface area contributed by atoms with Crippen LogP contribution < -0.4 is 5.32 Å². The van der Waals surface area contributed by atoms with Crippen LogP contribution in [-0.2, 0) is 9.53 Å². The molecule has 5 nitrogen and oxygen atoms in total. The number of morpholine rings is 1. The molecule has 2 heterocycles. The topological polar surface area (TPSA) is 58.6 Å². The molecule has 0 bridgehead atoms. The Morgan fingerprint density at radius 2 is 1.48 bits per heavy atom. The first-order valence-corrected chi connectivity index (χ1v) is 10.0. The Hall–Kier alpha value is -1.72. The third-order valence-electron chi connectivity index (χ3n) is 6.63. The average molecular weight is 373 g/mol. The number of hydrogen-bond acceptors (Lipinski definition) is 4. The van der Waals surface area contributed by atoms with Crippen LogP contribution in [0.4, 0.5) is 0 Å². The number of hydrogen-bond donors (Lipinski definition) is 1. The number of ether oxygens (including phenoxy) is 1. The van der Waals surface area contributed by atoms with E-state index in [1.54, 1.807) is 0 Å². The molecule has 0 saturated carbocycles. The second-order valence-electron chi connectivity index (χ2n) is 8.03. The Bertz CT molecular complexity index is 713. The molecular formula is C22H32N2O3. The van der Waals surface area contributed by atoms with Crippen molar-refractivity contribution in [3.8, 4) is 0 Å². The smallest absolute Gasteiger partial charge is 0.253 e. The quantitative estimate of drug-likeness (QED) is 0.829. The number of likely N-dealkylation sites (tertiary alicyclic amines) is 1. The third kappa shape index (κ3) is 3.81. The molecule has 3 rings (SSSR count). The maximum absolute atomic E-state index is 13.3. The molecule has 0 spiro atoms. The van der Waals surface area contributed by atoms with Crippen molar-refractivity contribution in [3.63, 3.8) is 0 Å². The molecule has 1 amide bonds. The summed E-state index contributed by atoms with van der Waals surface area (Å²) in [5.74, 6) is 0.305. The van der Waals surface area contributed by atoms with Gasteiger partial charge in [0.05, 0.1) is 6.61 Å². The molecule has 2 aliphatic heterocycles. The van der Waals surface area contributed by atoms with Gasteiger partial charge < -0.3 is 15.0 Å². The van der Waals surface area contributed by atoms with Crippen LogP contribution in [-0.4, -0.2) is 55.5 Å². The van der Waals surface area contributed by atoms with E-state index in [0.717, 1.165) is 36.1 Å². The lowest BCUT2D eigenvalue weighted by molar-refractivity contribution is -0.146. The van der Waals surface area contributed by atoms with Gasteiger partial charge in [0.15, 0.2) is 5.78 Å². The first-order valence-electron chi connectivity index (χ1n) is 10.0. The van der Waals surface area contributed by atoms with Crippen LogP contribution >= 0.6 is 0 Å². The largest absolute Gasteiger partial charge is 0.366 e. The third-order valence-corrected chi connectivity index (χ3v) is 6.63. The molecule has 27 heavy (non-hydrogen) atoms. The molecule has 148 valence electrons. The normalized spacial score (nSPS) is 21.4. The fraction of sp³-hybridized carbons (Fsp3) is 0.636. The fourth-order valence-corrected chi connectivity index (χ4v) is 4.36. The summed E-state index contributed by atoms with van der Waals surface area (Å²) in [6.07, 6.45) is 1.09. The minimum absolute atomic E-state index is 0.00152. The Labute approximate surface area is 162 Å². The highest BCUT2D eigenvalue weighted by atomic mass is 16.5. The lowest BCUT2D eigenvalue weighted by atomic mass is 9.81. The van der Waals surface area contributed by atoms with Crippen molar-refractivity contribution < 1.29 is 14.3 Å². The van der Waals surface area contributed by atoms with Gasteiger partial charge in [-0.25, -0.2) is 0 Å². The predicted octanol–water partition coefficient (Wildman–Crippen LogP) is 2.64. The van der Waals surface area contributed by atoms with E-state index in [1.165, 1.54) is 16.7 Å². The van der Waals surface area contributed by atoms with E-state index in [4.69, 9.17) is 4.74 Å². The van der Waals surface area contributed by atoms with E-state index < -0.39 is 0 Å². The van der Waals surface area contributed by atoms with Gasteiger partial charge in [-0.2, -0.15) is 0 Å². The average Bonchev–Trinajstić information content (AvgIpc) is 2.71. The molecular weight excluding hydrogens is 340 g/mol. The highest BCUT2D eigenvalue weighted by Gasteiger charge is 2.33. The van der Waals surface area contributed by atoms with Crippen molar-refractivity contribution in [1.82, 2.24) is 10.2 Å². The standard InChI is InChI=1S/C22H32N2O3/c1-13-14(2)16(4)20(17(5)15(13)3)21(25)18-6-9-24(10-7-18)22(26)19-12-23-8-11-27-19/h18-19,23H,6-12H2,1-5H3/t19-/m1/s1. The van der Waals surface area contributed by atoms with Gasteiger partial charge >= 0.3 is 0 Å². The number of benzene rings is 1. The number of amides is 1. The summed E-state index contributed by atoms with van der Waals surface area (Å²) in [4.78, 5) is 27.8. The number of piperidine rings is 1.